The van der Waals surface area contributed by atoms with Crippen LogP contribution in [-0.2, 0) is 10.1 Å². The summed E-state index contributed by atoms with van der Waals surface area (Å²) in [6, 6.07) is 18.1. The zero-order valence-corrected chi connectivity index (χ0v) is 24.4. The Labute approximate surface area is 247 Å². The summed E-state index contributed by atoms with van der Waals surface area (Å²) < 4.78 is 39.0. The van der Waals surface area contributed by atoms with Crippen molar-refractivity contribution in [3.05, 3.63) is 107 Å². The molecule has 1 amide bonds. The summed E-state index contributed by atoms with van der Waals surface area (Å²) >= 11 is 0. The number of nitrogens with one attached hydrogen (secondary N) is 2. The molecule has 10 nitrogen and oxygen atoms in total. The molecule has 0 bridgehead atoms. The van der Waals surface area contributed by atoms with Gasteiger partial charge < -0.3 is 20.1 Å². The number of carbonyl (C=O) groups excluding carboxylic acids is 1. The highest BCUT2D eigenvalue weighted by Crippen LogP contribution is 2.46. The highest BCUT2D eigenvalue weighted by Gasteiger charge is 2.25. The van der Waals surface area contributed by atoms with Crippen LogP contribution in [0.2, 0.25) is 0 Å². The maximum atomic E-state index is 13.6. The SMILES string of the molecule is C=C(N=Nc1c(O)c(C(=O)Nc2ccc(OC)cc2)c(C)c2ccc3c4ccccc4[nH]c3c12)/C(=C\C=C/C)S(=O)(=O)O. The first-order valence-electron chi connectivity index (χ1n) is 13.1. The Bertz CT molecular complexity index is 2130. The molecule has 0 aliphatic heterocycles. The number of carbonyl (C=O) groups is 1. The number of H-pyrrole nitrogens is 1. The second-order valence-corrected chi connectivity index (χ2v) is 11.0. The van der Waals surface area contributed by atoms with Gasteiger partial charge in [-0.2, -0.15) is 8.42 Å². The summed E-state index contributed by atoms with van der Waals surface area (Å²) in [5, 5.41) is 25.5. The van der Waals surface area contributed by atoms with Gasteiger partial charge in [-0.05, 0) is 61.2 Å². The second-order valence-electron chi connectivity index (χ2n) is 9.64. The predicted molar refractivity (Wildman–Crippen MR) is 169 cm³/mol. The van der Waals surface area contributed by atoms with E-state index in [2.05, 4.69) is 27.1 Å². The van der Waals surface area contributed by atoms with Crippen molar-refractivity contribution in [3.63, 3.8) is 0 Å². The van der Waals surface area contributed by atoms with Crippen LogP contribution in [0, 0.1) is 6.92 Å². The van der Waals surface area contributed by atoms with Crippen LogP contribution < -0.4 is 10.1 Å². The van der Waals surface area contributed by atoms with Crippen LogP contribution in [0.25, 0.3) is 32.6 Å². The Morgan fingerprint density at radius 3 is 2.42 bits per heavy atom. The van der Waals surface area contributed by atoms with Gasteiger partial charge in [0.2, 0.25) is 0 Å². The number of azo groups is 1. The first-order chi connectivity index (χ1) is 20.5. The number of aromatic hydroxyl groups is 1. The monoisotopic (exact) mass is 596 g/mol. The second kappa shape index (κ2) is 11.6. The molecule has 0 aliphatic rings. The maximum absolute atomic E-state index is 13.6. The fraction of sp³-hybridized carbons (Fsp3) is 0.0938. The van der Waals surface area contributed by atoms with E-state index < -0.39 is 26.7 Å². The number of anilines is 1. The number of phenols is 1. The molecule has 0 atom stereocenters. The molecule has 218 valence electrons. The molecule has 11 heteroatoms. The molecule has 0 radical (unpaired) electrons. The smallest absolute Gasteiger partial charge is 0.296 e. The largest absolute Gasteiger partial charge is 0.505 e. The molecule has 5 rings (SSSR count). The Hall–Kier alpha value is -5.26. The molecular weight excluding hydrogens is 568 g/mol. The fourth-order valence-corrected chi connectivity index (χ4v) is 5.53. The Balaban J connectivity index is 1.75. The quantitative estimate of drug-likeness (QED) is 0.0818. The molecule has 4 aromatic carbocycles. The first kappa shape index (κ1) is 29.2. The Kier molecular flexibility index (Phi) is 7.85. The van der Waals surface area contributed by atoms with Gasteiger partial charge >= 0.3 is 0 Å². The normalized spacial score (nSPS) is 12.6. The molecule has 4 N–H and O–H groups in total. The number of allylic oxidation sites excluding steroid dienone is 3. The molecule has 0 saturated heterocycles. The number of hydrogen-bond acceptors (Lipinski definition) is 7. The van der Waals surface area contributed by atoms with Gasteiger partial charge in [-0.1, -0.05) is 49.1 Å². The van der Waals surface area contributed by atoms with Gasteiger partial charge in [0.05, 0.1) is 23.9 Å². The van der Waals surface area contributed by atoms with E-state index in [-0.39, 0.29) is 16.9 Å². The lowest BCUT2D eigenvalue weighted by Crippen LogP contribution is -2.14. The van der Waals surface area contributed by atoms with E-state index in [1.807, 2.05) is 36.4 Å². The standard InChI is InChI=1S/C32H28N4O6S/c1-5-6-11-26(43(39,40)41)19(3)35-36-30-28-22(16-17-24-23-9-7-8-10-25(23)34-29(24)28)18(2)27(31(30)37)32(38)33-20-12-14-21(42-4)15-13-20/h5-17,34,37H,3H2,1-2,4H3,(H,33,38)(H,39,40,41)/b6-5-,26-11+,36-35?. The molecule has 0 unspecified atom stereocenters. The Morgan fingerprint density at radius 1 is 1.05 bits per heavy atom. The number of benzene rings is 4. The van der Waals surface area contributed by atoms with Gasteiger partial charge in [-0.15, -0.1) is 10.2 Å². The predicted octanol–water partition coefficient (Wildman–Crippen LogP) is 7.69. The van der Waals surface area contributed by atoms with E-state index in [9.17, 15) is 22.9 Å². The van der Waals surface area contributed by atoms with Gasteiger partial charge in [0.15, 0.2) is 5.75 Å². The minimum Gasteiger partial charge on any atom is -0.505 e. The number of hydrogen-bond donors (Lipinski definition) is 4. The topological polar surface area (TPSA) is 153 Å². The highest BCUT2D eigenvalue weighted by atomic mass is 32.2. The molecule has 43 heavy (non-hydrogen) atoms. The van der Waals surface area contributed by atoms with E-state index in [1.165, 1.54) is 13.2 Å². The van der Waals surface area contributed by atoms with E-state index >= 15 is 0 Å². The van der Waals surface area contributed by atoms with Crippen molar-refractivity contribution >= 4 is 60.0 Å². The van der Waals surface area contributed by atoms with E-state index in [0.717, 1.165) is 22.4 Å². The van der Waals surface area contributed by atoms with Gasteiger partial charge in [0.25, 0.3) is 16.0 Å². The van der Waals surface area contributed by atoms with Crippen LogP contribution >= 0.6 is 0 Å². The molecular formula is C32H28N4O6S. The zero-order chi connectivity index (χ0) is 30.9. The Morgan fingerprint density at radius 2 is 1.74 bits per heavy atom. The first-order valence-corrected chi connectivity index (χ1v) is 14.5. The van der Waals surface area contributed by atoms with Crippen molar-refractivity contribution in [2.75, 3.05) is 12.4 Å². The summed E-state index contributed by atoms with van der Waals surface area (Å²) in [5.41, 5.74) is 1.94. The number of phenolic OH excluding ortho intramolecular Hbond substituents is 1. The lowest BCUT2D eigenvalue weighted by Gasteiger charge is -2.16. The summed E-state index contributed by atoms with van der Waals surface area (Å²) in [6.07, 6.45) is 4.10. The summed E-state index contributed by atoms with van der Waals surface area (Å²) in [4.78, 5) is 16.4. The van der Waals surface area contributed by atoms with Gasteiger partial charge in [-0.3, -0.25) is 9.35 Å². The highest BCUT2D eigenvalue weighted by molar-refractivity contribution is 7.90. The van der Waals surface area contributed by atoms with Crippen LogP contribution in [0.1, 0.15) is 22.8 Å². The van der Waals surface area contributed by atoms with E-state index in [0.29, 0.717) is 33.3 Å². The van der Waals surface area contributed by atoms with Gasteiger partial charge in [0, 0.05) is 27.4 Å². The summed E-state index contributed by atoms with van der Waals surface area (Å²) in [5.74, 6) is -0.453. The zero-order valence-electron chi connectivity index (χ0n) is 23.5. The third kappa shape index (κ3) is 5.51. The number of aryl methyl sites for hydroxylation is 1. The average Bonchev–Trinajstić information content (AvgIpc) is 3.36. The molecule has 0 fully saturated rings. The fourth-order valence-electron chi connectivity index (χ4n) is 4.94. The molecule has 0 spiro atoms. The summed E-state index contributed by atoms with van der Waals surface area (Å²) in [7, 11) is -3.16. The van der Waals surface area contributed by atoms with Crippen molar-refractivity contribution in [3.8, 4) is 11.5 Å². The molecule has 1 heterocycles. The van der Waals surface area contributed by atoms with E-state index in [4.69, 9.17) is 4.74 Å². The average molecular weight is 597 g/mol. The van der Waals surface area contributed by atoms with Gasteiger partial charge in [0.1, 0.15) is 16.3 Å². The number of ether oxygens (including phenoxy) is 1. The number of rotatable bonds is 8. The van der Waals surface area contributed by atoms with Crippen LogP contribution in [0.5, 0.6) is 11.5 Å². The number of nitrogens with zero attached hydrogens (tertiary/aromatic N) is 2. The third-order valence-electron chi connectivity index (χ3n) is 7.01. The van der Waals surface area contributed by atoms with Crippen molar-refractivity contribution in [1.82, 2.24) is 4.98 Å². The minimum absolute atomic E-state index is 0.0437. The van der Waals surface area contributed by atoms with E-state index in [1.54, 1.807) is 44.2 Å². The number of amides is 1. The van der Waals surface area contributed by atoms with Crippen molar-refractivity contribution < 1.29 is 27.6 Å². The molecule has 0 saturated carbocycles. The third-order valence-corrected chi connectivity index (χ3v) is 7.93. The number of aromatic nitrogens is 1. The number of para-hydroxylation sites is 1. The van der Waals surface area contributed by atoms with Crippen molar-refractivity contribution in [1.29, 1.82) is 0 Å². The van der Waals surface area contributed by atoms with Crippen LogP contribution in [0.4, 0.5) is 11.4 Å². The minimum atomic E-state index is -4.70. The van der Waals surface area contributed by atoms with Crippen LogP contribution in [0.3, 0.4) is 0 Å². The number of methoxy groups -OCH3 is 1. The summed E-state index contributed by atoms with van der Waals surface area (Å²) in [6.45, 7) is 7.05. The lowest BCUT2D eigenvalue weighted by atomic mass is 9.94. The number of aromatic amines is 1. The molecule has 0 aliphatic carbocycles. The lowest BCUT2D eigenvalue weighted by molar-refractivity contribution is 0.102. The van der Waals surface area contributed by atoms with Crippen LogP contribution in [0.15, 0.2) is 106 Å². The van der Waals surface area contributed by atoms with Crippen molar-refractivity contribution in [2.45, 2.75) is 13.8 Å². The maximum Gasteiger partial charge on any atom is 0.296 e. The number of fused-ring (bicyclic) bond motifs is 5. The molecule has 5 aromatic rings. The molecule has 1 aromatic heterocycles. The van der Waals surface area contributed by atoms with Crippen molar-refractivity contribution in [2.24, 2.45) is 10.2 Å². The van der Waals surface area contributed by atoms with Crippen LogP contribution in [-0.4, -0.2) is 36.1 Å². The van der Waals surface area contributed by atoms with Gasteiger partial charge in [-0.25, -0.2) is 0 Å².